The molecule has 2 rings (SSSR count). The lowest BCUT2D eigenvalue weighted by Gasteiger charge is -2.14. The van der Waals surface area contributed by atoms with Crippen LogP contribution in [0.25, 0.3) is 0 Å². The van der Waals surface area contributed by atoms with Gasteiger partial charge in [-0.15, -0.1) is 0 Å². The second kappa shape index (κ2) is 8.54. The molecule has 140 valence electrons. The van der Waals surface area contributed by atoms with Crippen molar-refractivity contribution in [2.75, 3.05) is 37.2 Å². The van der Waals surface area contributed by atoms with Gasteiger partial charge in [0.05, 0.1) is 42.8 Å². The average Bonchev–Trinajstić information content (AvgIpc) is 2.62. The lowest BCUT2D eigenvalue weighted by Crippen LogP contribution is -2.22. The molecular formula is C17H20N2O6S. The van der Waals surface area contributed by atoms with Crippen LogP contribution in [0.4, 0.5) is 16.2 Å². The molecule has 0 spiro atoms. The Hall–Kier alpha value is -2.78. The fraction of sp³-hybridized carbons (Fsp3) is 0.235. The standard InChI is InChI=1S/C17H20N2O6S/c1-24-12-7-8-13(15(11-12)25-2)18-17(21)19-14-5-3-4-6-16(14)26(22,23)10-9-20/h3-8,11,20H,9-10H2,1-2H3,(H2,18,19,21). The molecule has 9 heteroatoms. The Kier molecular flexibility index (Phi) is 6.42. The van der Waals surface area contributed by atoms with E-state index < -0.39 is 28.2 Å². The van der Waals surface area contributed by atoms with Crippen LogP contribution in [0.3, 0.4) is 0 Å². The third kappa shape index (κ3) is 4.64. The van der Waals surface area contributed by atoms with Crippen LogP contribution in [0.2, 0.25) is 0 Å². The number of sulfone groups is 1. The zero-order chi connectivity index (χ0) is 19.2. The average molecular weight is 380 g/mol. The van der Waals surface area contributed by atoms with Crippen LogP contribution in [-0.2, 0) is 9.84 Å². The highest BCUT2D eigenvalue weighted by Crippen LogP contribution is 2.29. The van der Waals surface area contributed by atoms with Crippen LogP contribution in [0.15, 0.2) is 47.4 Å². The van der Waals surface area contributed by atoms with Crippen LogP contribution in [0.1, 0.15) is 0 Å². The molecule has 26 heavy (non-hydrogen) atoms. The van der Waals surface area contributed by atoms with E-state index >= 15 is 0 Å². The molecule has 0 saturated heterocycles. The van der Waals surface area contributed by atoms with E-state index in [0.717, 1.165) is 0 Å². The molecule has 0 fully saturated rings. The normalized spacial score (nSPS) is 10.9. The molecule has 2 aromatic rings. The molecule has 0 aliphatic rings. The molecule has 0 heterocycles. The fourth-order valence-electron chi connectivity index (χ4n) is 2.25. The van der Waals surface area contributed by atoms with Gasteiger partial charge in [-0.25, -0.2) is 13.2 Å². The van der Waals surface area contributed by atoms with Crippen molar-refractivity contribution in [1.82, 2.24) is 0 Å². The summed E-state index contributed by atoms with van der Waals surface area (Å²) in [5.41, 5.74) is 0.507. The number of benzene rings is 2. The van der Waals surface area contributed by atoms with E-state index in [1.165, 1.54) is 26.4 Å². The van der Waals surface area contributed by atoms with Gasteiger partial charge in [-0.05, 0) is 24.3 Å². The third-order valence-corrected chi connectivity index (χ3v) is 5.23. The summed E-state index contributed by atoms with van der Waals surface area (Å²) in [5, 5.41) is 14.0. The molecule has 2 aromatic carbocycles. The molecule has 0 atom stereocenters. The van der Waals surface area contributed by atoms with E-state index in [-0.39, 0.29) is 10.6 Å². The lowest BCUT2D eigenvalue weighted by molar-refractivity contribution is 0.262. The fourth-order valence-corrected chi connectivity index (χ4v) is 3.45. The largest absolute Gasteiger partial charge is 0.497 e. The Morgan fingerprint density at radius 3 is 2.38 bits per heavy atom. The molecule has 0 radical (unpaired) electrons. The predicted octanol–water partition coefficient (Wildman–Crippen LogP) is 2.11. The molecule has 0 aliphatic heterocycles. The highest BCUT2D eigenvalue weighted by molar-refractivity contribution is 7.91. The monoisotopic (exact) mass is 380 g/mol. The molecule has 2 amide bonds. The van der Waals surface area contributed by atoms with Gasteiger partial charge in [0.1, 0.15) is 11.5 Å². The minimum Gasteiger partial charge on any atom is -0.497 e. The van der Waals surface area contributed by atoms with Crippen molar-refractivity contribution in [3.05, 3.63) is 42.5 Å². The van der Waals surface area contributed by atoms with Gasteiger partial charge < -0.3 is 25.2 Å². The van der Waals surface area contributed by atoms with Crippen molar-refractivity contribution in [3.63, 3.8) is 0 Å². The first-order valence-corrected chi connectivity index (χ1v) is 9.29. The number of urea groups is 1. The number of aliphatic hydroxyl groups is 1. The quantitative estimate of drug-likeness (QED) is 0.678. The van der Waals surface area contributed by atoms with Crippen LogP contribution in [-0.4, -0.2) is 46.1 Å². The van der Waals surface area contributed by atoms with Gasteiger partial charge in [0, 0.05) is 6.07 Å². The Labute approximate surface area is 151 Å². The van der Waals surface area contributed by atoms with Crippen molar-refractivity contribution < 1.29 is 27.8 Å². The SMILES string of the molecule is COc1ccc(NC(=O)Nc2ccccc2S(=O)(=O)CCO)c(OC)c1. The van der Waals surface area contributed by atoms with Crippen molar-refractivity contribution >= 4 is 27.2 Å². The number of carbonyl (C=O) groups is 1. The van der Waals surface area contributed by atoms with Crippen LogP contribution < -0.4 is 20.1 Å². The van der Waals surface area contributed by atoms with Crippen molar-refractivity contribution in [3.8, 4) is 11.5 Å². The summed E-state index contributed by atoms with van der Waals surface area (Å²) in [6.45, 7) is -0.508. The topological polar surface area (TPSA) is 114 Å². The summed E-state index contributed by atoms with van der Waals surface area (Å²) >= 11 is 0. The number of ether oxygens (including phenoxy) is 2. The number of rotatable bonds is 7. The number of para-hydroxylation sites is 1. The Bertz CT molecular complexity index is 883. The van der Waals surface area contributed by atoms with Crippen molar-refractivity contribution in [2.24, 2.45) is 0 Å². The molecule has 3 N–H and O–H groups in total. The number of nitrogens with one attached hydrogen (secondary N) is 2. The Morgan fingerprint density at radius 2 is 1.73 bits per heavy atom. The lowest BCUT2D eigenvalue weighted by atomic mass is 10.2. The minimum atomic E-state index is -3.72. The van der Waals surface area contributed by atoms with Crippen LogP contribution in [0.5, 0.6) is 11.5 Å². The van der Waals surface area contributed by atoms with Crippen LogP contribution in [0, 0.1) is 0 Å². The molecule has 0 bridgehead atoms. The van der Waals surface area contributed by atoms with Crippen molar-refractivity contribution in [2.45, 2.75) is 4.90 Å². The smallest absolute Gasteiger partial charge is 0.323 e. The number of hydrogen-bond donors (Lipinski definition) is 3. The molecule has 0 aliphatic carbocycles. The Balaban J connectivity index is 2.22. The maximum atomic E-state index is 12.3. The minimum absolute atomic E-state index is 0.0640. The van der Waals surface area contributed by atoms with Gasteiger partial charge in [-0.3, -0.25) is 0 Å². The zero-order valence-corrected chi connectivity index (χ0v) is 15.2. The Morgan fingerprint density at radius 1 is 1.04 bits per heavy atom. The third-order valence-electron chi connectivity index (χ3n) is 3.49. The van der Waals surface area contributed by atoms with Gasteiger partial charge in [-0.2, -0.15) is 0 Å². The van der Waals surface area contributed by atoms with Gasteiger partial charge in [0.25, 0.3) is 0 Å². The van der Waals surface area contributed by atoms with E-state index in [2.05, 4.69) is 10.6 Å². The number of carbonyl (C=O) groups excluding carboxylic acids is 1. The predicted molar refractivity (Wildman–Crippen MR) is 97.8 cm³/mol. The molecule has 0 unspecified atom stereocenters. The number of aliphatic hydroxyl groups excluding tert-OH is 1. The number of amides is 2. The van der Waals surface area contributed by atoms with E-state index in [9.17, 15) is 13.2 Å². The summed E-state index contributed by atoms with van der Waals surface area (Å²) in [4.78, 5) is 12.2. The molecule has 0 aromatic heterocycles. The summed E-state index contributed by atoms with van der Waals surface area (Å²) in [7, 11) is -0.750. The van der Waals surface area contributed by atoms with Gasteiger partial charge >= 0.3 is 6.03 Å². The first kappa shape index (κ1) is 19.5. The van der Waals surface area contributed by atoms with Gasteiger partial charge in [-0.1, -0.05) is 12.1 Å². The van der Waals surface area contributed by atoms with Gasteiger partial charge in [0.15, 0.2) is 9.84 Å². The van der Waals surface area contributed by atoms with Gasteiger partial charge in [0.2, 0.25) is 0 Å². The summed E-state index contributed by atoms with van der Waals surface area (Å²) in [6.07, 6.45) is 0. The number of methoxy groups -OCH3 is 2. The van der Waals surface area contributed by atoms with E-state index in [0.29, 0.717) is 17.2 Å². The first-order valence-electron chi connectivity index (χ1n) is 7.64. The molecular weight excluding hydrogens is 360 g/mol. The zero-order valence-electron chi connectivity index (χ0n) is 14.4. The summed E-state index contributed by atoms with van der Waals surface area (Å²) < 4.78 is 34.7. The first-order chi connectivity index (χ1) is 12.4. The second-order valence-electron chi connectivity index (χ2n) is 5.18. The van der Waals surface area contributed by atoms with E-state index in [1.807, 2.05) is 0 Å². The molecule has 0 saturated carbocycles. The van der Waals surface area contributed by atoms with Crippen LogP contribution >= 0.6 is 0 Å². The highest BCUT2D eigenvalue weighted by Gasteiger charge is 2.19. The second-order valence-corrected chi connectivity index (χ2v) is 7.26. The van der Waals surface area contributed by atoms with E-state index in [1.54, 1.807) is 30.3 Å². The summed E-state index contributed by atoms with van der Waals surface area (Å²) in [6, 6.07) is 10.2. The maximum Gasteiger partial charge on any atom is 0.323 e. The van der Waals surface area contributed by atoms with Crippen molar-refractivity contribution in [1.29, 1.82) is 0 Å². The number of hydrogen-bond acceptors (Lipinski definition) is 6. The van der Waals surface area contributed by atoms with E-state index in [4.69, 9.17) is 14.6 Å². The maximum absolute atomic E-state index is 12.3. The number of anilines is 2. The highest BCUT2D eigenvalue weighted by atomic mass is 32.2. The molecule has 8 nitrogen and oxygen atoms in total. The summed E-state index contributed by atoms with van der Waals surface area (Å²) in [5.74, 6) is 0.522.